The lowest BCUT2D eigenvalue weighted by atomic mass is 9.72. The maximum atomic E-state index is 14.1. The number of carbonyl (C=O) groups is 3. The predicted molar refractivity (Wildman–Crippen MR) is 116 cm³/mol. The highest BCUT2D eigenvalue weighted by Gasteiger charge is 2.64. The molecule has 4 aliphatic rings. The summed E-state index contributed by atoms with van der Waals surface area (Å²) in [5.74, 6) is -0.728. The zero-order chi connectivity index (χ0) is 21.8. The molecule has 3 atom stereocenters. The third kappa shape index (κ3) is 3.17. The lowest BCUT2D eigenvalue weighted by Gasteiger charge is -2.47. The van der Waals surface area contributed by atoms with Gasteiger partial charge in [0.1, 0.15) is 5.54 Å². The second kappa shape index (κ2) is 7.64. The van der Waals surface area contributed by atoms with Gasteiger partial charge in [-0.25, -0.2) is 0 Å². The molecular weight excluding hydrogens is 392 g/mol. The van der Waals surface area contributed by atoms with Crippen molar-refractivity contribution in [1.29, 1.82) is 0 Å². The minimum absolute atomic E-state index is 0.0379. The Bertz CT molecular complexity index is 905. The molecule has 2 saturated carbocycles. The molecule has 2 aliphatic heterocycles. The number of carbonyl (C=O) groups excluding carboxylic acids is 3. The number of ether oxygens (including phenoxy) is 1. The minimum atomic E-state index is -1.06. The standard InChI is InChI=1S/C25H32N2O4/c1-3-31-23(29)19-15-27(22(28)17-8-4-5-9-17)25(2)21(19)18-10-6-7-11-20(18)26(24(25)30)14-16-12-13-16/h6-7,10-11,16-17,19,21H,3-5,8-9,12-15H2,1-2H3/t19-,21+,25-/m0/s1. The van der Waals surface area contributed by atoms with Gasteiger partial charge >= 0.3 is 5.97 Å². The molecule has 166 valence electrons. The molecule has 3 fully saturated rings. The highest BCUT2D eigenvalue weighted by Crippen LogP contribution is 2.54. The third-order valence-corrected chi connectivity index (χ3v) is 7.89. The molecule has 6 nitrogen and oxygen atoms in total. The molecule has 0 aromatic heterocycles. The first kappa shape index (κ1) is 20.5. The van der Waals surface area contributed by atoms with Crippen LogP contribution in [0.4, 0.5) is 5.69 Å². The summed E-state index contributed by atoms with van der Waals surface area (Å²) in [5, 5.41) is 0. The van der Waals surface area contributed by atoms with Crippen molar-refractivity contribution in [2.75, 3.05) is 24.6 Å². The van der Waals surface area contributed by atoms with E-state index in [2.05, 4.69) is 0 Å². The second-order valence-electron chi connectivity index (χ2n) is 9.83. The van der Waals surface area contributed by atoms with Crippen LogP contribution in [0.2, 0.25) is 0 Å². The van der Waals surface area contributed by atoms with Gasteiger partial charge in [0.25, 0.3) is 5.91 Å². The molecule has 6 heteroatoms. The van der Waals surface area contributed by atoms with Gasteiger partial charge in [-0.05, 0) is 57.1 Å². The van der Waals surface area contributed by atoms with Crippen LogP contribution in [0.3, 0.4) is 0 Å². The van der Waals surface area contributed by atoms with Crippen LogP contribution in [0.15, 0.2) is 24.3 Å². The van der Waals surface area contributed by atoms with Crippen molar-refractivity contribution >= 4 is 23.5 Å². The largest absolute Gasteiger partial charge is 0.466 e. The average molecular weight is 425 g/mol. The Balaban J connectivity index is 1.61. The van der Waals surface area contributed by atoms with Gasteiger partial charge in [-0.15, -0.1) is 0 Å². The van der Waals surface area contributed by atoms with Crippen LogP contribution in [-0.2, 0) is 19.1 Å². The Hall–Kier alpha value is -2.37. The van der Waals surface area contributed by atoms with E-state index in [1.54, 1.807) is 11.8 Å². The fourth-order valence-electron chi connectivity index (χ4n) is 6.11. The zero-order valence-corrected chi connectivity index (χ0v) is 18.5. The monoisotopic (exact) mass is 424 g/mol. The maximum Gasteiger partial charge on any atom is 0.311 e. The van der Waals surface area contributed by atoms with Crippen molar-refractivity contribution in [3.05, 3.63) is 29.8 Å². The molecule has 0 spiro atoms. The Morgan fingerprint density at radius 1 is 1.13 bits per heavy atom. The summed E-state index contributed by atoms with van der Waals surface area (Å²) in [6, 6.07) is 7.93. The molecule has 0 bridgehead atoms. The first-order valence-corrected chi connectivity index (χ1v) is 11.9. The second-order valence-corrected chi connectivity index (χ2v) is 9.83. The zero-order valence-electron chi connectivity index (χ0n) is 18.5. The lowest BCUT2D eigenvalue weighted by molar-refractivity contribution is -0.148. The van der Waals surface area contributed by atoms with Crippen molar-refractivity contribution < 1.29 is 19.1 Å². The van der Waals surface area contributed by atoms with Crippen LogP contribution >= 0.6 is 0 Å². The third-order valence-electron chi connectivity index (χ3n) is 7.89. The van der Waals surface area contributed by atoms with Crippen molar-refractivity contribution in [3.63, 3.8) is 0 Å². The number of likely N-dealkylation sites (tertiary alicyclic amines) is 1. The topological polar surface area (TPSA) is 66.9 Å². The molecule has 1 saturated heterocycles. The number of benzene rings is 1. The number of fused-ring (bicyclic) bond motifs is 3. The number of esters is 1. The summed E-state index contributed by atoms with van der Waals surface area (Å²) in [7, 11) is 0. The normalized spacial score (nSPS) is 30.3. The lowest BCUT2D eigenvalue weighted by Crippen LogP contribution is -2.62. The number of hydrogen-bond donors (Lipinski definition) is 0. The summed E-state index contributed by atoms with van der Waals surface area (Å²) >= 11 is 0. The highest BCUT2D eigenvalue weighted by atomic mass is 16.5. The predicted octanol–water partition coefficient (Wildman–Crippen LogP) is 3.50. The van der Waals surface area contributed by atoms with E-state index in [9.17, 15) is 14.4 Å². The molecule has 2 heterocycles. The Morgan fingerprint density at radius 3 is 2.52 bits per heavy atom. The van der Waals surface area contributed by atoms with E-state index in [-0.39, 0.29) is 36.2 Å². The van der Waals surface area contributed by atoms with Crippen LogP contribution in [0.5, 0.6) is 0 Å². The summed E-state index contributed by atoms with van der Waals surface area (Å²) in [6.07, 6.45) is 6.13. The van der Waals surface area contributed by atoms with Gasteiger partial charge in [0.2, 0.25) is 5.91 Å². The Morgan fingerprint density at radius 2 is 1.84 bits per heavy atom. The first-order valence-electron chi connectivity index (χ1n) is 11.9. The minimum Gasteiger partial charge on any atom is -0.466 e. The van der Waals surface area contributed by atoms with Crippen molar-refractivity contribution in [2.24, 2.45) is 17.8 Å². The van der Waals surface area contributed by atoms with Gasteiger partial charge in [-0.1, -0.05) is 31.0 Å². The molecular formula is C25H32N2O4. The molecule has 1 aromatic carbocycles. The molecule has 5 rings (SSSR count). The molecule has 0 N–H and O–H groups in total. The van der Waals surface area contributed by atoms with Gasteiger partial charge < -0.3 is 14.5 Å². The number of hydrogen-bond acceptors (Lipinski definition) is 4. The molecule has 1 aromatic rings. The summed E-state index contributed by atoms with van der Waals surface area (Å²) in [6.45, 7) is 4.92. The van der Waals surface area contributed by atoms with E-state index in [1.165, 1.54) is 0 Å². The van der Waals surface area contributed by atoms with Crippen LogP contribution in [-0.4, -0.2) is 47.9 Å². The van der Waals surface area contributed by atoms with Gasteiger partial charge in [-0.3, -0.25) is 14.4 Å². The van der Waals surface area contributed by atoms with Crippen LogP contribution < -0.4 is 4.90 Å². The van der Waals surface area contributed by atoms with E-state index in [1.807, 2.05) is 36.1 Å². The van der Waals surface area contributed by atoms with Crippen molar-refractivity contribution in [3.8, 4) is 0 Å². The number of rotatable bonds is 5. The Kier molecular flexibility index (Phi) is 5.06. The van der Waals surface area contributed by atoms with E-state index in [0.29, 0.717) is 19.1 Å². The van der Waals surface area contributed by atoms with E-state index in [4.69, 9.17) is 4.74 Å². The van der Waals surface area contributed by atoms with Crippen molar-refractivity contribution in [2.45, 2.75) is 63.8 Å². The molecule has 0 radical (unpaired) electrons. The fraction of sp³-hybridized carbons (Fsp3) is 0.640. The summed E-state index contributed by atoms with van der Waals surface area (Å²) < 4.78 is 5.42. The Labute approximate surface area is 183 Å². The van der Waals surface area contributed by atoms with Crippen LogP contribution in [0.1, 0.15) is 63.9 Å². The van der Waals surface area contributed by atoms with Gasteiger partial charge in [0, 0.05) is 30.6 Å². The molecule has 2 amide bonds. The van der Waals surface area contributed by atoms with E-state index in [0.717, 1.165) is 49.8 Å². The number of para-hydroxylation sites is 1. The SMILES string of the molecule is CCOC(=O)[C@H]1CN(C(=O)C2CCCC2)[C@]2(C)C(=O)N(CC3CC3)c3ccccc3[C@H]12. The molecule has 2 aliphatic carbocycles. The van der Waals surface area contributed by atoms with Gasteiger partial charge in [-0.2, -0.15) is 0 Å². The summed E-state index contributed by atoms with van der Waals surface area (Å²) in [4.78, 5) is 44.4. The summed E-state index contributed by atoms with van der Waals surface area (Å²) in [5.41, 5.74) is 0.830. The number of nitrogens with zero attached hydrogens (tertiary/aromatic N) is 2. The van der Waals surface area contributed by atoms with E-state index >= 15 is 0 Å². The molecule has 0 unspecified atom stereocenters. The number of anilines is 1. The highest BCUT2D eigenvalue weighted by molar-refractivity contribution is 6.07. The van der Waals surface area contributed by atoms with Crippen LogP contribution in [0, 0.1) is 17.8 Å². The maximum absolute atomic E-state index is 14.1. The van der Waals surface area contributed by atoms with Crippen LogP contribution in [0.25, 0.3) is 0 Å². The first-order chi connectivity index (χ1) is 15.0. The molecule has 31 heavy (non-hydrogen) atoms. The van der Waals surface area contributed by atoms with Gasteiger partial charge in [0.05, 0.1) is 12.5 Å². The van der Waals surface area contributed by atoms with Gasteiger partial charge in [0.15, 0.2) is 0 Å². The number of amides is 2. The quantitative estimate of drug-likeness (QED) is 0.679. The smallest absolute Gasteiger partial charge is 0.311 e. The van der Waals surface area contributed by atoms with Crippen molar-refractivity contribution in [1.82, 2.24) is 4.90 Å². The fourth-order valence-corrected chi connectivity index (χ4v) is 6.11. The average Bonchev–Trinajstić information content (AvgIpc) is 3.29. The van der Waals surface area contributed by atoms with E-state index < -0.39 is 11.5 Å².